The van der Waals surface area contributed by atoms with E-state index in [-0.39, 0.29) is 39.1 Å². The lowest BCUT2D eigenvalue weighted by Crippen LogP contribution is -2.31. The third kappa shape index (κ3) is 3.79. The number of thioether (sulfide) groups is 1. The number of alkyl halides is 1. The van der Waals surface area contributed by atoms with Gasteiger partial charge in [0.25, 0.3) is 5.69 Å². The summed E-state index contributed by atoms with van der Waals surface area (Å²) in [4.78, 5) is 11.8. The highest BCUT2D eigenvalue weighted by Crippen LogP contribution is 2.58. The van der Waals surface area contributed by atoms with Gasteiger partial charge in [0.15, 0.2) is 0 Å². The van der Waals surface area contributed by atoms with Gasteiger partial charge in [0.05, 0.1) is 21.2 Å². The van der Waals surface area contributed by atoms with Crippen LogP contribution in [0.15, 0.2) is 77.7 Å². The molecule has 0 spiro atoms. The molecule has 1 aliphatic carbocycles. The lowest BCUT2D eigenvalue weighted by atomic mass is 9.77. The molecule has 1 saturated carbocycles. The molecule has 0 saturated heterocycles. The number of hydrogen-bond donors (Lipinski definition) is 1. The number of nitrogens with zero attached hydrogens (tertiary/aromatic N) is 1. The summed E-state index contributed by atoms with van der Waals surface area (Å²) in [5.74, 6) is 0.373. The molecule has 1 fully saturated rings. The summed E-state index contributed by atoms with van der Waals surface area (Å²) >= 11 is 15.0. The molecule has 31 heavy (non-hydrogen) atoms. The Labute approximate surface area is 195 Å². The van der Waals surface area contributed by atoms with Gasteiger partial charge in [0, 0.05) is 27.9 Å². The number of nitro groups is 1. The molecule has 5 atom stereocenters. The van der Waals surface area contributed by atoms with E-state index in [1.54, 1.807) is 12.1 Å². The first-order valence-electron chi connectivity index (χ1n) is 10.2. The zero-order chi connectivity index (χ0) is 21.5. The Morgan fingerprint density at radius 2 is 1.77 bits per heavy atom. The van der Waals surface area contributed by atoms with E-state index in [2.05, 4.69) is 29.6 Å². The van der Waals surface area contributed by atoms with Crippen LogP contribution < -0.4 is 5.32 Å². The Morgan fingerprint density at radius 1 is 1.03 bits per heavy atom. The standard InChI is InChI=1S/C24H20Cl2N2O2S/c25-15-10-11-18-16(12-15)22-17(24(27-18)14-6-2-1-3-7-14)13-21(23(22)26)31-20-9-5-4-8-19(20)28(29)30/h1-12,17,21-24,27H,13H2/t17-,21+,22-,23+,24-/m1/s1. The second-order valence-electron chi connectivity index (χ2n) is 8.02. The Bertz CT molecular complexity index is 1130. The van der Waals surface area contributed by atoms with Crippen molar-refractivity contribution in [2.75, 3.05) is 5.32 Å². The Hall–Kier alpha value is -2.21. The van der Waals surface area contributed by atoms with Gasteiger partial charge in [-0.2, -0.15) is 0 Å². The molecule has 1 N–H and O–H groups in total. The van der Waals surface area contributed by atoms with Crippen LogP contribution in [0.25, 0.3) is 0 Å². The molecule has 158 valence electrons. The monoisotopic (exact) mass is 470 g/mol. The number of benzene rings is 3. The van der Waals surface area contributed by atoms with Crippen LogP contribution in [0.3, 0.4) is 0 Å². The van der Waals surface area contributed by atoms with Crippen LogP contribution in [0.2, 0.25) is 5.02 Å². The van der Waals surface area contributed by atoms with Crippen molar-refractivity contribution < 1.29 is 4.92 Å². The van der Waals surface area contributed by atoms with Gasteiger partial charge in [-0.3, -0.25) is 10.1 Å². The molecule has 1 aliphatic heterocycles. The van der Waals surface area contributed by atoms with Crippen molar-refractivity contribution in [3.05, 3.63) is 99.1 Å². The summed E-state index contributed by atoms with van der Waals surface area (Å²) < 4.78 is 0. The molecule has 4 nitrogen and oxygen atoms in total. The molecule has 0 unspecified atom stereocenters. The highest BCUT2D eigenvalue weighted by atomic mass is 35.5. The van der Waals surface area contributed by atoms with Gasteiger partial charge in [0.1, 0.15) is 0 Å². The lowest BCUT2D eigenvalue weighted by molar-refractivity contribution is -0.387. The quantitative estimate of drug-likeness (QED) is 0.247. The minimum atomic E-state index is -0.322. The third-order valence-electron chi connectivity index (χ3n) is 6.27. The molecule has 0 radical (unpaired) electrons. The van der Waals surface area contributed by atoms with E-state index in [1.807, 2.05) is 36.4 Å². The number of halogens is 2. The average Bonchev–Trinajstić information content (AvgIpc) is 3.10. The van der Waals surface area contributed by atoms with Crippen molar-refractivity contribution in [1.82, 2.24) is 0 Å². The molecule has 3 aromatic rings. The molecule has 0 amide bonds. The van der Waals surface area contributed by atoms with Crippen LogP contribution in [-0.2, 0) is 0 Å². The van der Waals surface area contributed by atoms with Crippen molar-refractivity contribution in [2.45, 2.75) is 33.9 Å². The zero-order valence-electron chi connectivity index (χ0n) is 16.4. The van der Waals surface area contributed by atoms with Gasteiger partial charge < -0.3 is 5.32 Å². The molecule has 0 aromatic heterocycles. The minimum Gasteiger partial charge on any atom is -0.378 e. The molecular formula is C24H20Cl2N2O2S. The van der Waals surface area contributed by atoms with Crippen molar-refractivity contribution >= 4 is 46.3 Å². The molecule has 0 bridgehead atoms. The number of anilines is 1. The maximum absolute atomic E-state index is 11.5. The van der Waals surface area contributed by atoms with Crippen LogP contribution in [0, 0.1) is 16.0 Å². The Kier molecular flexibility index (Phi) is 5.59. The van der Waals surface area contributed by atoms with Crippen LogP contribution in [0.4, 0.5) is 11.4 Å². The van der Waals surface area contributed by atoms with E-state index >= 15 is 0 Å². The highest BCUT2D eigenvalue weighted by molar-refractivity contribution is 8.00. The predicted molar refractivity (Wildman–Crippen MR) is 127 cm³/mol. The van der Waals surface area contributed by atoms with Gasteiger partial charge in [-0.05, 0) is 47.7 Å². The van der Waals surface area contributed by atoms with E-state index < -0.39 is 0 Å². The Balaban J connectivity index is 1.53. The average molecular weight is 471 g/mol. The van der Waals surface area contributed by atoms with Gasteiger partial charge in [-0.15, -0.1) is 23.4 Å². The van der Waals surface area contributed by atoms with Crippen molar-refractivity contribution in [3.63, 3.8) is 0 Å². The largest absolute Gasteiger partial charge is 0.378 e. The number of fused-ring (bicyclic) bond motifs is 3. The molecule has 3 aromatic carbocycles. The van der Waals surface area contributed by atoms with Crippen LogP contribution >= 0.6 is 35.0 Å². The second-order valence-corrected chi connectivity index (χ2v) is 10.2. The van der Waals surface area contributed by atoms with Crippen LogP contribution in [-0.4, -0.2) is 15.6 Å². The van der Waals surface area contributed by atoms with Crippen molar-refractivity contribution in [1.29, 1.82) is 0 Å². The summed E-state index contributed by atoms with van der Waals surface area (Å²) in [6.07, 6.45) is 0.855. The number of para-hydroxylation sites is 1. The SMILES string of the molecule is O=[N+]([O-])c1ccccc1S[C@H]1C[C@@H]2[C@@H](c3cc(Cl)ccc3N[C@@H]2c2ccccc2)[C@H]1Cl. The second kappa shape index (κ2) is 8.38. The zero-order valence-corrected chi connectivity index (χ0v) is 18.8. The first kappa shape index (κ1) is 20.7. The number of nitro benzene ring substituents is 1. The summed E-state index contributed by atoms with van der Waals surface area (Å²) in [5.41, 5.74) is 3.54. The number of hydrogen-bond acceptors (Lipinski definition) is 4. The fraction of sp³-hybridized carbons (Fsp3) is 0.250. The first-order valence-corrected chi connectivity index (χ1v) is 11.9. The number of rotatable bonds is 4. The summed E-state index contributed by atoms with van der Waals surface area (Å²) in [6.45, 7) is 0. The maximum Gasteiger partial charge on any atom is 0.282 e. The first-order chi connectivity index (χ1) is 15.0. The summed E-state index contributed by atoms with van der Waals surface area (Å²) in [5, 5.41) is 15.8. The topological polar surface area (TPSA) is 55.2 Å². The van der Waals surface area contributed by atoms with E-state index in [9.17, 15) is 10.1 Å². The van der Waals surface area contributed by atoms with Crippen LogP contribution in [0.1, 0.15) is 29.5 Å². The smallest absolute Gasteiger partial charge is 0.282 e. The van der Waals surface area contributed by atoms with E-state index in [1.165, 1.54) is 17.3 Å². The van der Waals surface area contributed by atoms with Gasteiger partial charge >= 0.3 is 0 Å². The van der Waals surface area contributed by atoms with Crippen LogP contribution in [0.5, 0.6) is 0 Å². The molecule has 1 heterocycles. The fourth-order valence-electron chi connectivity index (χ4n) is 4.95. The summed E-state index contributed by atoms with van der Waals surface area (Å²) in [6, 6.07) is 23.4. The molecule has 2 aliphatic rings. The van der Waals surface area contributed by atoms with E-state index in [0.29, 0.717) is 9.92 Å². The van der Waals surface area contributed by atoms with E-state index in [0.717, 1.165) is 17.7 Å². The van der Waals surface area contributed by atoms with Gasteiger partial charge in [0.2, 0.25) is 0 Å². The van der Waals surface area contributed by atoms with Crippen molar-refractivity contribution in [3.8, 4) is 0 Å². The normalized spacial score (nSPS) is 26.6. The molecular weight excluding hydrogens is 451 g/mol. The fourth-order valence-corrected chi connectivity index (χ4v) is 7.07. The highest BCUT2D eigenvalue weighted by Gasteiger charge is 2.50. The van der Waals surface area contributed by atoms with Gasteiger partial charge in [-0.25, -0.2) is 0 Å². The minimum absolute atomic E-state index is 0.0516. The maximum atomic E-state index is 11.5. The third-order valence-corrected chi connectivity index (χ3v) is 8.62. The lowest BCUT2D eigenvalue weighted by Gasteiger charge is -2.38. The predicted octanol–water partition coefficient (Wildman–Crippen LogP) is 7.29. The van der Waals surface area contributed by atoms with Gasteiger partial charge in [-0.1, -0.05) is 54.1 Å². The number of nitrogens with one attached hydrogen (secondary N) is 1. The van der Waals surface area contributed by atoms with E-state index in [4.69, 9.17) is 23.2 Å². The molecule has 5 rings (SSSR count). The van der Waals surface area contributed by atoms with Crippen molar-refractivity contribution in [2.24, 2.45) is 5.92 Å². The summed E-state index contributed by atoms with van der Waals surface area (Å²) in [7, 11) is 0. The Morgan fingerprint density at radius 3 is 2.55 bits per heavy atom. The molecule has 7 heteroatoms.